The van der Waals surface area contributed by atoms with E-state index in [0.717, 1.165) is 19.4 Å². The van der Waals surface area contributed by atoms with Crippen molar-refractivity contribution in [2.24, 2.45) is 0 Å². The average Bonchev–Trinajstić information content (AvgIpc) is 2.38. The zero-order valence-electron chi connectivity index (χ0n) is 10.2. The third-order valence-electron chi connectivity index (χ3n) is 3.56. The molecule has 1 heterocycles. The van der Waals surface area contributed by atoms with Gasteiger partial charge in [-0.25, -0.2) is 0 Å². The van der Waals surface area contributed by atoms with Gasteiger partial charge in [0.25, 0.3) is 0 Å². The number of nitrogens with zero attached hydrogens (tertiary/aromatic N) is 1. The van der Waals surface area contributed by atoms with Gasteiger partial charge in [-0.1, -0.05) is 18.8 Å². The van der Waals surface area contributed by atoms with Crippen molar-refractivity contribution in [3.8, 4) is 12.3 Å². The first-order valence-corrected chi connectivity index (χ1v) is 6.38. The molecule has 2 rings (SSSR count). The maximum Gasteiger partial charge on any atom is 0.236 e. The monoisotopic (exact) mass is 236 g/mol. The summed E-state index contributed by atoms with van der Waals surface area (Å²) in [5, 5.41) is 2.96. The molecule has 0 aromatic rings. The molecule has 0 spiro atoms. The number of carbonyl (C=O) groups is 1. The molecular formula is C13H20N2O2. The quantitative estimate of drug-likeness (QED) is 0.569. The first kappa shape index (κ1) is 12.4. The molecule has 1 amide bonds. The number of nitrogens with one attached hydrogen (secondary N) is 1. The molecule has 0 aromatic carbocycles. The van der Waals surface area contributed by atoms with E-state index in [2.05, 4.69) is 11.2 Å². The van der Waals surface area contributed by atoms with Crippen molar-refractivity contribution in [1.29, 1.82) is 0 Å². The molecule has 2 atom stereocenters. The van der Waals surface area contributed by atoms with Crippen LogP contribution in [-0.2, 0) is 9.53 Å². The van der Waals surface area contributed by atoms with E-state index in [-0.39, 0.29) is 18.1 Å². The van der Waals surface area contributed by atoms with E-state index in [1.165, 1.54) is 12.8 Å². The third-order valence-corrected chi connectivity index (χ3v) is 3.56. The maximum atomic E-state index is 12.1. The molecule has 0 aromatic heterocycles. The SMILES string of the molecule is C#CCNCC(=O)N1CCOC2CCCCC21. The van der Waals surface area contributed by atoms with Crippen molar-refractivity contribution in [2.75, 3.05) is 26.2 Å². The van der Waals surface area contributed by atoms with Crippen LogP contribution in [0.5, 0.6) is 0 Å². The summed E-state index contributed by atoms with van der Waals surface area (Å²) < 4.78 is 5.74. The highest BCUT2D eigenvalue weighted by Gasteiger charge is 2.36. The Bertz CT molecular complexity index is 309. The summed E-state index contributed by atoms with van der Waals surface area (Å²) in [6, 6.07) is 0.289. The Balaban J connectivity index is 1.89. The van der Waals surface area contributed by atoms with E-state index < -0.39 is 0 Å². The molecule has 0 radical (unpaired) electrons. The lowest BCUT2D eigenvalue weighted by molar-refractivity contribution is -0.148. The predicted molar refractivity (Wildman–Crippen MR) is 65.4 cm³/mol. The molecule has 1 saturated heterocycles. The number of amides is 1. The molecule has 94 valence electrons. The van der Waals surface area contributed by atoms with Crippen molar-refractivity contribution in [1.82, 2.24) is 10.2 Å². The number of hydrogen-bond acceptors (Lipinski definition) is 3. The summed E-state index contributed by atoms with van der Waals surface area (Å²) in [7, 11) is 0. The highest BCUT2D eigenvalue weighted by Crippen LogP contribution is 2.28. The number of terminal acetylenes is 1. The molecule has 2 fully saturated rings. The van der Waals surface area contributed by atoms with Gasteiger partial charge in [-0.05, 0) is 12.8 Å². The van der Waals surface area contributed by atoms with E-state index in [0.29, 0.717) is 19.7 Å². The molecule has 2 aliphatic rings. The van der Waals surface area contributed by atoms with Gasteiger partial charge in [0.1, 0.15) is 0 Å². The Morgan fingerprint density at radius 3 is 3.12 bits per heavy atom. The number of carbonyl (C=O) groups excluding carboxylic acids is 1. The van der Waals surface area contributed by atoms with Crippen LogP contribution in [0.1, 0.15) is 25.7 Å². The van der Waals surface area contributed by atoms with Crippen LogP contribution in [0, 0.1) is 12.3 Å². The Morgan fingerprint density at radius 1 is 1.47 bits per heavy atom. The molecular weight excluding hydrogens is 216 g/mol. The van der Waals surface area contributed by atoms with Gasteiger partial charge in [0.2, 0.25) is 5.91 Å². The fourth-order valence-electron chi connectivity index (χ4n) is 2.75. The van der Waals surface area contributed by atoms with Crippen molar-refractivity contribution < 1.29 is 9.53 Å². The minimum absolute atomic E-state index is 0.153. The Kier molecular flexibility index (Phi) is 4.41. The molecule has 1 aliphatic carbocycles. The van der Waals surface area contributed by atoms with Crippen LogP contribution in [0.25, 0.3) is 0 Å². The lowest BCUT2D eigenvalue weighted by Gasteiger charge is -2.43. The first-order valence-electron chi connectivity index (χ1n) is 6.38. The summed E-state index contributed by atoms with van der Waals surface area (Å²) in [6.45, 7) is 2.18. The number of ether oxygens (including phenoxy) is 1. The van der Waals surface area contributed by atoms with Gasteiger partial charge in [0, 0.05) is 6.54 Å². The van der Waals surface area contributed by atoms with Crippen molar-refractivity contribution in [3.05, 3.63) is 0 Å². The molecule has 4 nitrogen and oxygen atoms in total. The molecule has 0 bridgehead atoms. The Hall–Kier alpha value is -1.05. The average molecular weight is 236 g/mol. The summed E-state index contributed by atoms with van der Waals surface area (Å²) >= 11 is 0. The minimum atomic E-state index is 0.153. The molecule has 1 N–H and O–H groups in total. The molecule has 4 heteroatoms. The molecule has 1 aliphatic heterocycles. The van der Waals surface area contributed by atoms with Crippen LogP contribution in [-0.4, -0.2) is 49.2 Å². The van der Waals surface area contributed by atoms with Crippen LogP contribution < -0.4 is 5.32 Å². The summed E-state index contributed by atoms with van der Waals surface area (Å²) in [5.74, 6) is 2.63. The van der Waals surface area contributed by atoms with Crippen LogP contribution in [0.3, 0.4) is 0 Å². The highest BCUT2D eigenvalue weighted by atomic mass is 16.5. The molecule has 17 heavy (non-hydrogen) atoms. The van der Waals surface area contributed by atoms with Crippen molar-refractivity contribution >= 4 is 5.91 Å². The second-order valence-electron chi connectivity index (χ2n) is 4.66. The van der Waals surface area contributed by atoms with Gasteiger partial charge >= 0.3 is 0 Å². The van der Waals surface area contributed by atoms with Crippen LogP contribution in [0.4, 0.5) is 0 Å². The van der Waals surface area contributed by atoms with Crippen LogP contribution in [0.15, 0.2) is 0 Å². The smallest absolute Gasteiger partial charge is 0.236 e. The van der Waals surface area contributed by atoms with Crippen molar-refractivity contribution in [2.45, 2.75) is 37.8 Å². The Morgan fingerprint density at radius 2 is 2.29 bits per heavy atom. The Labute approximate surface area is 103 Å². The summed E-state index contributed by atoms with van der Waals surface area (Å²) in [4.78, 5) is 14.1. The van der Waals surface area contributed by atoms with E-state index in [9.17, 15) is 4.79 Å². The van der Waals surface area contributed by atoms with Gasteiger partial charge < -0.3 is 9.64 Å². The topological polar surface area (TPSA) is 41.6 Å². The minimum Gasteiger partial charge on any atom is -0.374 e. The van der Waals surface area contributed by atoms with Crippen LogP contribution >= 0.6 is 0 Å². The summed E-state index contributed by atoms with van der Waals surface area (Å²) in [6.07, 6.45) is 9.99. The fraction of sp³-hybridized carbons (Fsp3) is 0.769. The van der Waals surface area contributed by atoms with Crippen LogP contribution in [0.2, 0.25) is 0 Å². The standard InChI is InChI=1S/C13H20N2O2/c1-2-7-14-10-13(16)15-8-9-17-12-6-4-3-5-11(12)15/h1,11-12,14H,3-10H2. The lowest BCUT2D eigenvalue weighted by Crippen LogP contribution is -2.56. The summed E-state index contributed by atoms with van der Waals surface area (Å²) in [5.41, 5.74) is 0. The van der Waals surface area contributed by atoms with Gasteiger partial charge in [-0.15, -0.1) is 6.42 Å². The lowest BCUT2D eigenvalue weighted by atomic mass is 9.90. The van der Waals surface area contributed by atoms with E-state index >= 15 is 0 Å². The zero-order valence-corrected chi connectivity index (χ0v) is 10.2. The van der Waals surface area contributed by atoms with Gasteiger partial charge in [-0.3, -0.25) is 10.1 Å². The fourth-order valence-corrected chi connectivity index (χ4v) is 2.75. The van der Waals surface area contributed by atoms with E-state index in [1.54, 1.807) is 0 Å². The first-order chi connectivity index (χ1) is 8.33. The second kappa shape index (κ2) is 6.04. The normalized spacial score (nSPS) is 28.3. The van der Waals surface area contributed by atoms with Gasteiger partial charge in [0.05, 0.1) is 31.8 Å². The van der Waals surface area contributed by atoms with Gasteiger partial charge in [0.15, 0.2) is 0 Å². The second-order valence-corrected chi connectivity index (χ2v) is 4.66. The number of fused-ring (bicyclic) bond motifs is 1. The maximum absolute atomic E-state index is 12.1. The highest BCUT2D eigenvalue weighted by molar-refractivity contribution is 5.78. The molecule has 1 saturated carbocycles. The number of hydrogen-bond donors (Lipinski definition) is 1. The number of morpholine rings is 1. The van der Waals surface area contributed by atoms with E-state index in [1.807, 2.05) is 4.90 Å². The van der Waals surface area contributed by atoms with E-state index in [4.69, 9.17) is 11.2 Å². The predicted octanol–water partition coefficient (Wildman–Crippen LogP) is 0.379. The van der Waals surface area contributed by atoms with Gasteiger partial charge in [-0.2, -0.15) is 0 Å². The number of rotatable bonds is 3. The molecule has 2 unspecified atom stereocenters. The van der Waals surface area contributed by atoms with Crippen molar-refractivity contribution in [3.63, 3.8) is 0 Å². The third kappa shape index (κ3) is 2.99. The largest absolute Gasteiger partial charge is 0.374 e. The zero-order chi connectivity index (χ0) is 12.1.